The molecule has 7 nitrogen and oxygen atoms in total. The van der Waals surface area contributed by atoms with Crippen LogP contribution in [0.1, 0.15) is 33.1 Å². The molecule has 2 aliphatic rings. The van der Waals surface area contributed by atoms with Crippen LogP contribution in [-0.2, 0) is 14.2 Å². The summed E-state index contributed by atoms with van der Waals surface area (Å²) in [6.45, 7) is 15.3. The lowest BCUT2D eigenvalue weighted by molar-refractivity contribution is 0.0203. The number of nitrogens with zero attached hydrogens (tertiary/aromatic N) is 2. The minimum absolute atomic E-state index is 0.543. The smallest absolute Gasteiger partial charge is 0.191 e. The fourth-order valence-electron chi connectivity index (χ4n) is 3.42. The van der Waals surface area contributed by atoms with E-state index in [2.05, 4.69) is 29.4 Å². The van der Waals surface area contributed by atoms with Crippen molar-refractivity contribution in [1.29, 1.82) is 0 Å². The Kier molecular flexibility index (Phi) is 11.7. The molecule has 1 atom stereocenters. The maximum Gasteiger partial charge on any atom is 0.191 e. The highest BCUT2D eigenvalue weighted by atomic mass is 16.5. The molecule has 0 aliphatic carbocycles. The fraction of sp³-hybridized carbons (Fsp3) is 0.950. The highest BCUT2D eigenvalue weighted by molar-refractivity contribution is 5.79. The van der Waals surface area contributed by atoms with Gasteiger partial charge in [0.2, 0.25) is 0 Å². The van der Waals surface area contributed by atoms with Gasteiger partial charge in [-0.05, 0) is 38.0 Å². The minimum Gasteiger partial charge on any atom is -0.381 e. The van der Waals surface area contributed by atoms with Gasteiger partial charge in [0.1, 0.15) is 0 Å². The molecule has 2 heterocycles. The lowest BCUT2D eigenvalue weighted by Crippen LogP contribution is -2.40. The van der Waals surface area contributed by atoms with E-state index >= 15 is 0 Å². The SMILES string of the molecule is CCNC(=NCC(C)CN1CCOCC1)NCCCOCC1CCOCC1. The van der Waals surface area contributed by atoms with Crippen LogP contribution < -0.4 is 10.6 Å². The van der Waals surface area contributed by atoms with Gasteiger partial charge in [0.15, 0.2) is 5.96 Å². The second-order valence-corrected chi connectivity index (χ2v) is 7.65. The molecule has 0 bridgehead atoms. The van der Waals surface area contributed by atoms with Gasteiger partial charge in [-0.1, -0.05) is 6.92 Å². The highest BCUT2D eigenvalue weighted by Gasteiger charge is 2.14. The van der Waals surface area contributed by atoms with Crippen molar-refractivity contribution in [3.05, 3.63) is 0 Å². The van der Waals surface area contributed by atoms with Gasteiger partial charge in [-0.15, -0.1) is 0 Å². The molecule has 27 heavy (non-hydrogen) atoms. The fourth-order valence-corrected chi connectivity index (χ4v) is 3.42. The zero-order chi connectivity index (χ0) is 19.2. The number of guanidine groups is 1. The summed E-state index contributed by atoms with van der Waals surface area (Å²) in [5.41, 5.74) is 0. The van der Waals surface area contributed by atoms with Crippen molar-refractivity contribution in [2.45, 2.75) is 33.1 Å². The van der Waals surface area contributed by atoms with E-state index in [1.54, 1.807) is 0 Å². The molecule has 0 amide bonds. The number of ether oxygens (including phenoxy) is 3. The largest absolute Gasteiger partial charge is 0.381 e. The highest BCUT2D eigenvalue weighted by Crippen LogP contribution is 2.14. The number of morpholine rings is 1. The third kappa shape index (κ3) is 10.3. The molecule has 0 saturated carbocycles. The van der Waals surface area contributed by atoms with Crippen LogP contribution >= 0.6 is 0 Å². The number of aliphatic imine (C=N–C) groups is 1. The molecule has 7 heteroatoms. The predicted octanol–water partition coefficient (Wildman–Crippen LogP) is 1.34. The standard InChI is InChI=1S/C20H40N4O3/c1-3-21-20(23-15-18(2)16-24-8-13-26-14-9-24)22-7-4-10-27-17-19-5-11-25-12-6-19/h18-19H,3-17H2,1-2H3,(H2,21,22,23). The number of hydrogen-bond acceptors (Lipinski definition) is 5. The first-order valence-corrected chi connectivity index (χ1v) is 10.8. The molecular formula is C20H40N4O3. The molecule has 0 radical (unpaired) electrons. The van der Waals surface area contributed by atoms with Gasteiger partial charge in [0.25, 0.3) is 0 Å². The van der Waals surface area contributed by atoms with E-state index in [1.165, 1.54) is 0 Å². The van der Waals surface area contributed by atoms with E-state index in [0.717, 1.165) is 104 Å². The van der Waals surface area contributed by atoms with Crippen LogP contribution in [0.25, 0.3) is 0 Å². The van der Waals surface area contributed by atoms with E-state index < -0.39 is 0 Å². The molecule has 0 aromatic carbocycles. The summed E-state index contributed by atoms with van der Waals surface area (Å²) < 4.78 is 16.6. The topological polar surface area (TPSA) is 67.4 Å². The van der Waals surface area contributed by atoms with Crippen molar-refractivity contribution in [3.63, 3.8) is 0 Å². The van der Waals surface area contributed by atoms with Crippen LogP contribution in [0.4, 0.5) is 0 Å². The molecule has 2 saturated heterocycles. The summed E-state index contributed by atoms with van der Waals surface area (Å²) in [7, 11) is 0. The van der Waals surface area contributed by atoms with Crippen LogP contribution in [0.2, 0.25) is 0 Å². The van der Waals surface area contributed by atoms with Crippen molar-refractivity contribution in [2.24, 2.45) is 16.8 Å². The molecule has 2 fully saturated rings. The zero-order valence-electron chi connectivity index (χ0n) is 17.4. The number of rotatable bonds is 11. The molecule has 2 aliphatic heterocycles. The Morgan fingerprint density at radius 1 is 1.15 bits per heavy atom. The van der Waals surface area contributed by atoms with Crippen LogP contribution in [0.5, 0.6) is 0 Å². The van der Waals surface area contributed by atoms with Crippen molar-refractivity contribution in [1.82, 2.24) is 15.5 Å². The first kappa shape index (κ1) is 22.4. The Morgan fingerprint density at radius 2 is 1.89 bits per heavy atom. The molecule has 1 unspecified atom stereocenters. The molecular weight excluding hydrogens is 344 g/mol. The van der Waals surface area contributed by atoms with Crippen molar-refractivity contribution in [2.75, 3.05) is 78.9 Å². The summed E-state index contributed by atoms with van der Waals surface area (Å²) in [6, 6.07) is 0. The average molecular weight is 385 g/mol. The average Bonchev–Trinajstić information content (AvgIpc) is 2.70. The molecule has 0 spiro atoms. The zero-order valence-corrected chi connectivity index (χ0v) is 17.4. The Morgan fingerprint density at radius 3 is 2.63 bits per heavy atom. The third-order valence-electron chi connectivity index (χ3n) is 5.03. The van der Waals surface area contributed by atoms with E-state index in [1.807, 2.05) is 0 Å². The molecule has 2 rings (SSSR count). The van der Waals surface area contributed by atoms with Crippen LogP contribution in [0.15, 0.2) is 4.99 Å². The maximum atomic E-state index is 5.83. The number of nitrogens with one attached hydrogen (secondary N) is 2. The summed E-state index contributed by atoms with van der Waals surface area (Å²) in [4.78, 5) is 7.22. The van der Waals surface area contributed by atoms with Gasteiger partial charge in [0, 0.05) is 65.7 Å². The summed E-state index contributed by atoms with van der Waals surface area (Å²) >= 11 is 0. The maximum absolute atomic E-state index is 5.83. The van der Waals surface area contributed by atoms with Gasteiger partial charge in [0.05, 0.1) is 13.2 Å². The monoisotopic (exact) mass is 384 g/mol. The van der Waals surface area contributed by atoms with Crippen molar-refractivity contribution in [3.8, 4) is 0 Å². The van der Waals surface area contributed by atoms with Crippen molar-refractivity contribution >= 4 is 5.96 Å². The minimum atomic E-state index is 0.543. The lowest BCUT2D eigenvalue weighted by Gasteiger charge is -2.28. The summed E-state index contributed by atoms with van der Waals surface area (Å²) in [5, 5.41) is 6.76. The molecule has 0 aromatic rings. The van der Waals surface area contributed by atoms with Gasteiger partial charge in [-0.2, -0.15) is 0 Å². The molecule has 2 N–H and O–H groups in total. The Bertz CT molecular complexity index is 397. The number of hydrogen-bond donors (Lipinski definition) is 2. The normalized spacial score (nSPS) is 21.2. The van der Waals surface area contributed by atoms with Crippen LogP contribution in [-0.4, -0.2) is 89.8 Å². The van der Waals surface area contributed by atoms with Crippen LogP contribution in [0, 0.1) is 11.8 Å². The predicted molar refractivity (Wildman–Crippen MR) is 109 cm³/mol. The Hall–Kier alpha value is -0.890. The summed E-state index contributed by atoms with van der Waals surface area (Å²) in [6.07, 6.45) is 3.27. The van der Waals surface area contributed by atoms with Gasteiger partial charge in [-0.3, -0.25) is 9.89 Å². The third-order valence-corrected chi connectivity index (χ3v) is 5.03. The summed E-state index contributed by atoms with van der Waals surface area (Å²) in [5.74, 6) is 2.13. The Balaban J connectivity index is 1.55. The molecule has 158 valence electrons. The Labute approximate surface area is 165 Å². The second kappa shape index (κ2) is 14.2. The first-order valence-electron chi connectivity index (χ1n) is 10.8. The quantitative estimate of drug-likeness (QED) is 0.318. The lowest BCUT2D eigenvalue weighted by atomic mass is 10.0. The van der Waals surface area contributed by atoms with E-state index in [-0.39, 0.29) is 0 Å². The first-order chi connectivity index (χ1) is 13.3. The van der Waals surface area contributed by atoms with Crippen LogP contribution in [0.3, 0.4) is 0 Å². The van der Waals surface area contributed by atoms with Gasteiger partial charge >= 0.3 is 0 Å². The van der Waals surface area contributed by atoms with Gasteiger partial charge in [-0.25, -0.2) is 0 Å². The van der Waals surface area contributed by atoms with E-state index in [0.29, 0.717) is 11.8 Å². The van der Waals surface area contributed by atoms with Crippen molar-refractivity contribution < 1.29 is 14.2 Å². The van der Waals surface area contributed by atoms with E-state index in [9.17, 15) is 0 Å². The molecule has 0 aromatic heterocycles. The van der Waals surface area contributed by atoms with Gasteiger partial charge < -0.3 is 24.8 Å². The second-order valence-electron chi connectivity index (χ2n) is 7.65. The van der Waals surface area contributed by atoms with E-state index in [4.69, 9.17) is 19.2 Å².